The molecule has 9 heteroatoms. The molecule has 2 N–H and O–H groups in total. The van der Waals surface area contributed by atoms with Gasteiger partial charge in [-0.25, -0.2) is 8.42 Å². The highest BCUT2D eigenvalue weighted by molar-refractivity contribution is 7.89. The number of nitrogens with zero attached hydrogens (tertiary/aromatic N) is 1. The minimum atomic E-state index is -3.77. The van der Waals surface area contributed by atoms with Crippen LogP contribution < -0.4 is 10.6 Å². The molecule has 2 aromatic carbocycles. The van der Waals surface area contributed by atoms with E-state index in [0.29, 0.717) is 5.69 Å². The third-order valence-electron chi connectivity index (χ3n) is 4.05. The van der Waals surface area contributed by atoms with E-state index in [1.54, 1.807) is 38.1 Å². The average molecular weight is 424 g/mol. The Kier molecular flexibility index (Phi) is 7.17. The predicted molar refractivity (Wildman–Crippen MR) is 109 cm³/mol. The predicted octanol–water partition coefficient (Wildman–Crippen LogP) is 2.74. The maximum atomic E-state index is 12.6. The van der Waals surface area contributed by atoms with E-state index in [1.807, 2.05) is 6.07 Å². The van der Waals surface area contributed by atoms with E-state index >= 15 is 0 Å². The second-order valence-corrected chi connectivity index (χ2v) is 8.76. The molecule has 2 amide bonds. The second-order valence-electron chi connectivity index (χ2n) is 6.35. The Labute approximate surface area is 169 Å². The number of benzene rings is 2. The normalized spacial score (nSPS) is 11.5. The van der Waals surface area contributed by atoms with Crippen molar-refractivity contribution in [2.75, 3.05) is 18.9 Å². The van der Waals surface area contributed by atoms with Crippen LogP contribution in [0.25, 0.3) is 0 Å². The van der Waals surface area contributed by atoms with Crippen LogP contribution in [-0.4, -0.2) is 44.2 Å². The summed E-state index contributed by atoms with van der Waals surface area (Å²) in [4.78, 5) is 24.3. The number of hydrogen-bond acceptors (Lipinski definition) is 4. The van der Waals surface area contributed by atoms with Crippen molar-refractivity contribution in [3.05, 3.63) is 59.1 Å². The Bertz CT molecular complexity index is 962. The zero-order chi connectivity index (χ0) is 20.9. The summed E-state index contributed by atoms with van der Waals surface area (Å²) in [5, 5.41) is 5.17. The minimum absolute atomic E-state index is 0.0209. The van der Waals surface area contributed by atoms with Crippen molar-refractivity contribution in [3.8, 4) is 0 Å². The monoisotopic (exact) mass is 423 g/mol. The van der Waals surface area contributed by atoms with Crippen LogP contribution in [0.4, 0.5) is 5.69 Å². The van der Waals surface area contributed by atoms with Crippen LogP contribution in [-0.2, 0) is 14.8 Å². The molecule has 0 heterocycles. The Hall–Kier alpha value is -2.42. The number of anilines is 1. The molecular formula is C19H22ClN3O4S. The summed E-state index contributed by atoms with van der Waals surface area (Å²) < 4.78 is 26.4. The van der Waals surface area contributed by atoms with Gasteiger partial charge in [0.05, 0.1) is 22.0 Å². The van der Waals surface area contributed by atoms with E-state index in [-0.39, 0.29) is 28.1 Å². The fourth-order valence-corrected chi connectivity index (χ4v) is 3.86. The van der Waals surface area contributed by atoms with Crippen LogP contribution >= 0.6 is 11.6 Å². The molecule has 2 rings (SSSR count). The van der Waals surface area contributed by atoms with Crippen molar-refractivity contribution >= 4 is 39.1 Å². The van der Waals surface area contributed by atoms with Crippen molar-refractivity contribution in [1.29, 1.82) is 0 Å². The molecule has 0 saturated heterocycles. The molecule has 0 spiro atoms. The molecule has 0 aliphatic carbocycles. The van der Waals surface area contributed by atoms with Crippen LogP contribution in [0.5, 0.6) is 0 Å². The van der Waals surface area contributed by atoms with Crippen molar-refractivity contribution in [2.24, 2.45) is 0 Å². The van der Waals surface area contributed by atoms with Crippen molar-refractivity contribution in [2.45, 2.75) is 24.8 Å². The number of carbonyl (C=O) groups is 2. The highest BCUT2D eigenvalue weighted by Crippen LogP contribution is 2.23. The van der Waals surface area contributed by atoms with Gasteiger partial charge in [-0.1, -0.05) is 29.8 Å². The number of nitrogens with one attached hydrogen (secondary N) is 2. The smallest absolute Gasteiger partial charge is 0.253 e. The second kappa shape index (κ2) is 9.18. The first-order valence-electron chi connectivity index (χ1n) is 8.53. The Morgan fingerprint density at radius 2 is 1.75 bits per heavy atom. The van der Waals surface area contributed by atoms with Crippen molar-refractivity contribution in [1.82, 2.24) is 9.62 Å². The molecule has 28 heavy (non-hydrogen) atoms. The molecule has 0 unspecified atom stereocenters. The lowest BCUT2D eigenvalue weighted by molar-refractivity contribution is -0.115. The SMILES string of the molecule is CC(C)N(C)S(=O)(=O)c1ccc(Cl)c(C(=O)NCC(=O)Nc2ccccc2)c1. The highest BCUT2D eigenvalue weighted by Gasteiger charge is 2.25. The maximum absolute atomic E-state index is 12.6. The van der Waals surface area contributed by atoms with Crippen LogP contribution in [0.15, 0.2) is 53.4 Å². The van der Waals surface area contributed by atoms with Crippen molar-refractivity contribution in [3.63, 3.8) is 0 Å². The Morgan fingerprint density at radius 3 is 2.36 bits per heavy atom. The molecule has 0 aliphatic rings. The van der Waals surface area contributed by atoms with Gasteiger partial charge in [0, 0.05) is 18.8 Å². The third kappa shape index (κ3) is 5.31. The van der Waals surface area contributed by atoms with E-state index in [9.17, 15) is 18.0 Å². The van der Waals surface area contributed by atoms with Gasteiger partial charge in [0.25, 0.3) is 5.91 Å². The van der Waals surface area contributed by atoms with Gasteiger partial charge in [0.15, 0.2) is 0 Å². The fraction of sp³-hybridized carbons (Fsp3) is 0.263. The molecular weight excluding hydrogens is 402 g/mol. The summed E-state index contributed by atoms with van der Waals surface area (Å²) in [5.41, 5.74) is 0.581. The average Bonchev–Trinajstić information content (AvgIpc) is 2.66. The fourth-order valence-electron chi connectivity index (χ4n) is 2.27. The lowest BCUT2D eigenvalue weighted by Crippen LogP contribution is -2.34. The maximum Gasteiger partial charge on any atom is 0.253 e. The molecule has 0 saturated carbocycles. The van der Waals surface area contributed by atoms with E-state index in [1.165, 1.54) is 29.6 Å². The quantitative estimate of drug-likeness (QED) is 0.715. The van der Waals surface area contributed by atoms with Crippen LogP contribution in [0, 0.1) is 0 Å². The molecule has 0 fully saturated rings. The molecule has 0 radical (unpaired) electrons. The van der Waals surface area contributed by atoms with Crippen molar-refractivity contribution < 1.29 is 18.0 Å². The summed E-state index contributed by atoms with van der Waals surface area (Å²) in [6.45, 7) is 3.20. The topological polar surface area (TPSA) is 95.6 Å². The van der Waals surface area contributed by atoms with Gasteiger partial charge < -0.3 is 10.6 Å². The number of halogens is 1. The van der Waals surface area contributed by atoms with Crippen LogP contribution in [0.1, 0.15) is 24.2 Å². The summed E-state index contributed by atoms with van der Waals surface area (Å²) in [6, 6.07) is 12.4. The number of amides is 2. The number of sulfonamides is 1. The lowest BCUT2D eigenvalue weighted by Gasteiger charge is -2.21. The third-order valence-corrected chi connectivity index (χ3v) is 6.41. The summed E-state index contributed by atoms with van der Waals surface area (Å²) in [6.07, 6.45) is 0. The molecule has 0 atom stereocenters. The Balaban J connectivity index is 2.12. The van der Waals surface area contributed by atoms with E-state index in [4.69, 9.17) is 11.6 Å². The van der Waals surface area contributed by atoms with Gasteiger partial charge in [-0.2, -0.15) is 4.31 Å². The van der Waals surface area contributed by atoms with E-state index < -0.39 is 21.8 Å². The summed E-state index contributed by atoms with van der Waals surface area (Å²) in [5.74, 6) is -1.06. The lowest BCUT2D eigenvalue weighted by atomic mass is 10.2. The zero-order valence-corrected chi connectivity index (χ0v) is 17.3. The molecule has 150 valence electrons. The standard InChI is InChI=1S/C19H22ClN3O4S/c1-13(2)23(3)28(26,27)15-9-10-17(20)16(11-15)19(25)21-12-18(24)22-14-7-5-4-6-8-14/h4-11,13H,12H2,1-3H3,(H,21,25)(H,22,24). The highest BCUT2D eigenvalue weighted by atomic mass is 35.5. The first kappa shape index (κ1) is 21.9. The van der Waals surface area contributed by atoms with Gasteiger partial charge in [0.1, 0.15) is 0 Å². The van der Waals surface area contributed by atoms with Gasteiger partial charge in [-0.3, -0.25) is 9.59 Å². The van der Waals surface area contributed by atoms with Crippen LogP contribution in [0.2, 0.25) is 5.02 Å². The molecule has 0 aromatic heterocycles. The minimum Gasteiger partial charge on any atom is -0.343 e. The summed E-state index contributed by atoms with van der Waals surface area (Å²) >= 11 is 6.06. The molecule has 2 aromatic rings. The van der Waals surface area contributed by atoms with E-state index in [2.05, 4.69) is 10.6 Å². The summed E-state index contributed by atoms with van der Waals surface area (Å²) in [7, 11) is -2.31. The number of rotatable bonds is 7. The number of carbonyl (C=O) groups excluding carboxylic acids is 2. The molecule has 0 bridgehead atoms. The van der Waals surface area contributed by atoms with Crippen LogP contribution in [0.3, 0.4) is 0 Å². The van der Waals surface area contributed by atoms with E-state index in [0.717, 1.165) is 0 Å². The zero-order valence-electron chi connectivity index (χ0n) is 15.8. The number of hydrogen-bond donors (Lipinski definition) is 2. The Morgan fingerprint density at radius 1 is 1.11 bits per heavy atom. The van der Waals surface area contributed by atoms with Gasteiger partial charge in [-0.15, -0.1) is 0 Å². The van der Waals surface area contributed by atoms with Gasteiger partial charge >= 0.3 is 0 Å². The molecule has 0 aliphatic heterocycles. The van der Waals surface area contributed by atoms with Gasteiger partial charge in [-0.05, 0) is 44.2 Å². The first-order valence-corrected chi connectivity index (χ1v) is 10.4. The number of para-hydroxylation sites is 1. The van der Waals surface area contributed by atoms with Gasteiger partial charge in [0.2, 0.25) is 15.9 Å². The first-order chi connectivity index (χ1) is 13.1. The largest absolute Gasteiger partial charge is 0.343 e. The molecule has 7 nitrogen and oxygen atoms in total.